The molecule has 0 spiro atoms. The first-order valence-corrected chi connectivity index (χ1v) is 13.9. The van der Waals surface area contributed by atoms with Gasteiger partial charge in [0.1, 0.15) is 24.4 Å². The largest absolute Gasteiger partial charge is 0.444 e. The highest BCUT2D eigenvalue weighted by molar-refractivity contribution is 6.30. The lowest BCUT2D eigenvalue weighted by atomic mass is 10.1. The van der Waals surface area contributed by atoms with Crippen LogP contribution in [-0.2, 0) is 32.1 Å². The van der Waals surface area contributed by atoms with E-state index in [9.17, 15) is 19.2 Å². The average Bonchev–Trinajstić information content (AvgIpc) is 2.87. The SMILES string of the molecule is Cc1c(Cl)nc(NCCc2ccccc2)c(=O)n1CC(=O)NCCON=C(NC(=O)OC(C)(C)C)NC(=O)OC(C)(C)C. The molecule has 0 atom stereocenters. The van der Waals surface area contributed by atoms with Gasteiger partial charge in [-0.15, -0.1) is 0 Å². The molecule has 0 saturated heterocycles. The molecule has 0 radical (unpaired) electrons. The Bertz CT molecular complexity index is 1320. The first kappa shape index (κ1) is 34.9. The van der Waals surface area contributed by atoms with E-state index in [2.05, 4.69) is 31.4 Å². The monoisotopic (exact) mass is 621 g/mol. The van der Waals surface area contributed by atoms with Gasteiger partial charge in [-0.3, -0.25) is 24.8 Å². The number of hydrogen-bond acceptors (Lipinski definition) is 10. The van der Waals surface area contributed by atoms with Gasteiger partial charge in [0.25, 0.3) is 11.5 Å². The summed E-state index contributed by atoms with van der Waals surface area (Å²) in [4.78, 5) is 59.2. The number of hydrogen-bond donors (Lipinski definition) is 4. The van der Waals surface area contributed by atoms with Crippen molar-refractivity contribution in [2.24, 2.45) is 5.16 Å². The molecule has 3 amide bonds. The number of anilines is 1. The minimum atomic E-state index is -0.884. The Kier molecular flexibility index (Phi) is 12.8. The Morgan fingerprint density at radius 3 is 2.09 bits per heavy atom. The van der Waals surface area contributed by atoms with Crippen molar-refractivity contribution >= 4 is 41.5 Å². The van der Waals surface area contributed by atoms with E-state index in [0.717, 1.165) is 5.56 Å². The number of amides is 3. The summed E-state index contributed by atoms with van der Waals surface area (Å²) in [6.07, 6.45) is -1.10. The molecule has 0 aliphatic heterocycles. The predicted molar refractivity (Wildman–Crippen MR) is 162 cm³/mol. The molecule has 2 rings (SSSR count). The zero-order chi connectivity index (χ0) is 32.2. The van der Waals surface area contributed by atoms with Gasteiger partial charge < -0.3 is 24.9 Å². The van der Waals surface area contributed by atoms with E-state index in [1.807, 2.05) is 30.3 Å². The van der Waals surface area contributed by atoms with E-state index in [4.69, 9.17) is 25.9 Å². The van der Waals surface area contributed by atoms with Gasteiger partial charge in [0, 0.05) is 6.54 Å². The maximum absolute atomic E-state index is 13.0. The molecular weight excluding hydrogens is 582 g/mol. The lowest BCUT2D eigenvalue weighted by Crippen LogP contribution is -2.47. The number of carbonyl (C=O) groups is 3. The molecule has 0 aliphatic carbocycles. The van der Waals surface area contributed by atoms with Gasteiger partial charge in [0.05, 0.1) is 12.2 Å². The van der Waals surface area contributed by atoms with Crippen molar-refractivity contribution in [1.29, 1.82) is 0 Å². The standard InChI is InChI=1S/C28H40ClN7O7/c1-18-21(29)32-22(31-14-13-19-11-9-8-10-12-19)23(38)36(18)17-20(37)30-15-16-41-35-24(33-25(39)42-27(2,3)4)34-26(40)43-28(5,6)7/h8-12H,13-17H2,1-7H3,(H,30,37)(H,31,32)(H2,33,34,35,39,40). The van der Waals surface area contributed by atoms with Crippen LogP contribution in [-0.4, -0.2) is 64.5 Å². The maximum Gasteiger partial charge on any atom is 0.414 e. The summed E-state index contributed by atoms with van der Waals surface area (Å²) in [7, 11) is 0. The molecule has 4 N–H and O–H groups in total. The van der Waals surface area contributed by atoms with Crippen LogP contribution in [0.15, 0.2) is 40.3 Å². The van der Waals surface area contributed by atoms with E-state index in [1.54, 1.807) is 48.5 Å². The van der Waals surface area contributed by atoms with Crippen LogP contribution in [0.1, 0.15) is 52.8 Å². The molecule has 1 heterocycles. The first-order chi connectivity index (χ1) is 20.0. The van der Waals surface area contributed by atoms with E-state index in [-0.39, 0.29) is 36.6 Å². The maximum atomic E-state index is 13.0. The second-order valence-corrected chi connectivity index (χ2v) is 11.6. The molecule has 14 nitrogen and oxygen atoms in total. The van der Waals surface area contributed by atoms with Crippen molar-refractivity contribution in [3.05, 3.63) is 57.1 Å². The highest BCUT2D eigenvalue weighted by Crippen LogP contribution is 2.13. The van der Waals surface area contributed by atoms with Gasteiger partial charge in [-0.05, 0) is 65.6 Å². The molecule has 236 valence electrons. The number of nitrogens with one attached hydrogen (secondary N) is 4. The third-order valence-electron chi connectivity index (χ3n) is 5.12. The number of ether oxygens (including phenoxy) is 2. The smallest absolute Gasteiger partial charge is 0.414 e. The summed E-state index contributed by atoms with van der Waals surface area (Å²) in [5.41, 5.74) is -0.665. The zero-order valence-electron chi connectivity index (χ0n) is 25.5. The molecular formula is C28H40ClN7O7. The van der Waals surface area contributed by atoms with E-state index < -0.39 is 34.9 Å². The van der Waals surface area contributed by atoms with Crippen LogP contribution >= 0.6 is 11.6 Å². The van der Waals surface area contributed by atoms with Crippen molar-refractivity contribution in [3.8, 4) is 0 Å². The number of rotatable bonds is 10. The second-order valence-electron chi connectivity index (χ2n) is 11.3. The molecule has 43 heavy (non-hydrogen) atoms. The Hall–Kier alpha value is -4.33. The number of oxime groups is 1. The normalized spacial score (nSPS) is 11.2. The van der Waals surface area contributed by atoms with E-state index in [1.165, 1.54) is 4.57 Å². The zero-order valence-corrected chi connectivity index (χ0v) is 26.3. The van der Waals surface area contributed by atoms with Gasteiger partial charge in [0.15, 0.2) is 11.0 Å². The van der Waals surface area contributed by atoms with Crippen LogP contribution in [0.4, 0.5) is 15.4 Å². The molecule has 0 fully saturated rings. The molecule has 15 heteroatoms. The van der Waals surface area contributed by atoms with Crippen LogP contribution in [0.5, 0.6) is 0 Å². The number of alkyl carbamates (subject to hydrolysis) is 2. The van der Waals surface area contributed by atoms with Gasteiger partial charge in [-0.1, -0.05) is 41.9 Å². The number of halogens is 1. The molecule has 0 saturated carbocycles. The minimum Gasteiger partial charge on any atom is -0.444 e. The number of aromatic nitrogens is 2. The van der Waals surface area contributed by atoms with Gasteiger partial charge in [0.2, 0.25) is 5.91 Å². The van der Waals surface area contributed by atoms with Crippen molar-refractivity contribution < 1.29 is 28.7 Å². The highest BCUT2D eigenvalue weighted by Gasteiger charge is 2.22. The third-order valence-corrected chi connectivity index (χ3v) is 5.48. The summed E-state index contributed by atoms with van der Waals surface area (Å²) >= 11 is 6.23. The fraction of sp³-hybridized carbons (Fsp3) is 0.500. The number of nitrogens with zero attached hydrogens (tertiary/aromatic N) is 3. The number of carbonyl (C=O) groups excluding carboxylic acids is 3. The van der Waals surface area contributed by atoms with Crippen molar-refractivity contribution in [2.45, 2.75) is 72.6 Å². The molecule has 1 aromatic heterocycles. The lowest BCUT2D eigenvalue weighted by Gasteiger charge is -2.21. The topological polar surface area (TPSA) is 174 Å². The van der Waals surface area contributed by atoms with Crippen LogP contribution in [0.3, 0.4) is 0 Å². The van der Waals surface area contributed by atoms with E-state index in [0.29, 0.717) is 18.7 Å². The first-order valence-electron chi connectivity index (χ1n) is 13.6. The summed E-state index contributed by atoms with van der Waals surface area (Å²) in [5.74, 6) is -0.829. The van der Waals surface area contributed by atoms with Gasteiger partial charge in [-0.25, -0.2) is 14.6 Å². The Morgan fingerprint density at radius 1 is 0.953 bits per heavy atom. The molecule has 0 bridgehead atoms. The number of guanidine groups is 1. The van der Waals surface area contributed by atoms with Crippen LogP contribution < -0.4 is 26.8 Å². The fourth-order valence-corrected chi connectivity index (χ4v) is 3.50. The molecule has 1 aromatic carbocycles. The quantitative estimate of drug-likeness (QED) is 0.134. The van der Waals surface area contributed by atoms with Crippen LogP contribution in [0.25, 0.3) is 0 Å². The third kappa shape index (κ3) is 13.5. The number of benzene rings is 1. The highest BCUT2D eigenvalue weighted by atomic mass is 35.5. The van der Waals surface area contributed by atoms with Crippen molar-refractivity contribution in [3.63, 3.8) is 0 Å². The van der Waals surface area contributed by atoms with Gasteiger partial charge in [-0.2, -0.15) is 0 Å². The Morgan fingerprint density at radius 2 is 1.53 bits per heavy atom. The van der Waals surface area contributed by atoms with Crippen LogP contribution in [0.2, 0.25) is 5.15 Å². The average molecular weight is 622 g/mol. The van der Waals surface area contributed by atoms with Gasteiger partial charge >= 0.3 is 12.2 Å². The molecule has 0 unspecified atom stereocenters. The summed E-state index contributed by atoms with van der Waals surface area (Å²) in [5, 5.41) is 13.9. The Labute approximate surface area is 255 Å². The molecule has 2 aromatic rings. The van der Waals surface area contributed by atoms with E-state index >= 15 is 0 Å². The minimum absolute atomic E-state index is 0.0106. The van der Waals surface area contributed by atoms with Crippen molar-refractivity contribution in [2.75, 3.05) is 25.0 Å². The molecule has 0 aliphatic rings. The Balaban J connectivity index is 1.95. The van der Waals surface area contributed by atoms with Crippen LogP contribution in [0, 0.1) is 6.92 Å². The summed E-state index contributed by atoms with van der Waals surface area (Å²) < 4.78 is 11.5. The predicted octanol–water partition coefficient (Wildman–Crippen LogP) is 3.31. The summed E-state index contributed by atoms with van der Waals surface area (Å²) in [6, 6.07) is 9.74. The lowest BCUT2D eigenvalue weighted by molar-refractivity contribution is -0.122. The second kappa shape index (κ2) is 15.8. The van der Waals surface area contributed by atoms with Crippen molar-refractivity contribution in [1.82, 2.24) is 25.5 Å². The summed E-state index contributed by atoms with van der Waals surface area (Å²) in [6.45, 7) is 11.6. The fourth-order valence-electron chi connectivity index (χ4n) is 3.32.